The number of anilines is 1. The molecule has 4 aromatic rings. The highest BCUT2D eigenvalue weighted by atomic mass is 16.5. The molecule has 0 aliphatic carbocycles. The molecule has 0 spiro atoms. The van der Waals surface area contributed by atoms with E-state index in [-0.39, 0.29) is 12.5 Å². The van der Waals surface area contributed by atoms with E-state index >= 15 is 0 Å². The summed E-state index contributed by atoms with van der Waals surface area (Å²) in [5.74, 6) is 0.285. The van der Waals surface area contributed by atoms with Crippen molar-refractivity contribution in [3.05, 3.63) is 83.2 Å². The van der Waals surface area contributed by atoms with Gasteiger partial charge in [0, 0.05) is 23.6 Å². The van der Waals surface area contributed by atoms with Crippen molar-refractivity contribution in [3.8, 4) is 11.8 Å². The van der Waals surface area contributed by atoms with Crippen LogP contribution in [0.25, 0.3) is 11.0 Å². The van der Waals surface area contributed by atoms with E-state index in [0.717, 1.165) is 22.3 Å². The van der Waals surface area contributed by atoms with E-state index in [1.165, 1.54) is 0 Å². The van der Waals surface area contributed by atoms with E-state index in [1.54, 1.807) is 41.2 Å². The van der Waals surface area contributed by atoms with E-state index in [1.807, 2.05) is 38.2 Å². The van der Waals surface area contributed by atoms with Crippen LogP contribution in [0, 0.1) is 18.3 Å². The quantitative estimate of drug-likeness (QED) is 0.550. The molecule has 0 aliphatic heterocycles. The molecule has 148 valence electrons. The fraction of sp³-hybridized carbons (Fsp3) is 0.130. The van der Waals surface area contributed by atoms with Crippen molar-refractivity contribution < 1.29 is 9.53 Å². The molecule has 1 amide bonds. The maximum absolute atomic E-state index is 12.7. The summed E-state index contributed by atoms with van der Waals surface area (Å²) in [6.07, 6.45) is 1.61. The highest BCUT2D eigenvalue weighted by Crippen LogP contribution is 2.21. The van der Waals surface area contributed by atoms with Crippen LogP contribution in [-0.2, 0) is 13.7 Å². The smallest absolute Gasteiger partial charge is 0.255 e. The molecule has 0 radical (unpaired) electrons. The molecule has 1 N–H and O–H groups in total. The van der Waals surface area contributed by atoms with Crippen LogP contribution in [-0.4, -0.2) is 20.7 Å². The number of hydrogen-bond donors (Lipinski definition) is 1. The molecular formula is C23H19N5O2. The molecule has 0 unspecified atom stereocenters. The van der Waals surface area contributed by atoms with Crippen LogP contribution >= 0.6 is 0 Å². The molecule has 0 saturated carbocycles. The zero-order chi connectivity index (χ0) is 21.1. The number of carbonyl (C=O) groups is 1. The standard InChI is InChI=1S/C23H19N5O2/c1-15-21-11-19(13-25-22(21)28(2)27-15)26-23(29)16-8-5-9-20(10-16)30-14-18-7-4-3-6-17(18)12-24/h3-11,13H,14H2,1-2H3,(H,26,29). The minimum absolute atomic E-state index is 0.246. The summed E-state index contributed by atoms with van der Waals surface area (Å²) < 4.78 is 7.51. The van der Waals surface area contributed by atoms with E-state index in [4.69, 9.17) is 4.74 Å². The summed E-state index contributed by atoms with van der Waals surface area (Å²) >= 11 is 0. The second-order valence-corrected chi connectivity index (χ2v) is 6.84. The Morgan fingerprint density at radius 2 is 2.03 bits per heavy atom. The summed E-state index contributed by atoms with van der Waals surface area (Å²) in [7, 11) is 1.83. The summed E-state index contributed by atoms with van der Waals surface area (Å²) in [5.41, 5.74) is 4.03. The topological polar surface area (TPSA) is 92.8 Å². The van der Waals surface area contributed by atoms with Crippen molar-refractivity contribution in [2.45, 2.75) is 13.5 Å². The van der Waals surface area contributed by atoms with Gasteiger partial charge in [0.25, 0.3) is 5.91 Å². The van der Waals surface area contributed by atoms with E-state index in [0.29, 0.717) is 22.6 Å². The molecule has 0 fully saturated rings. The second-order valence-electron chi connectivity index (χ2n) is 6.84. The monoisotopic (exact) mass is 397 g/mol. The third kappa shape index (κ3) is 3.84. The number of ether oxygens (including phenoxy) is 1. The van der Waals surface area contributed by atoms with Gasteiger partial charge in [-0.05, 0) is 37.3 Å². The Morgan fingerprint density at radius 1 is 1.20 bits per heavy atom. The lowest BCUT2D eigenvalue weighted by atomic mass is 10.1. The van der Waals surface area contributed by atoms with Crippen molar-refractivity contribution >= 4 is 22.6 Å². The van der Waals surface area contributed by atoms with Gasteiger partial charge in [0.05, 0.1) is 29.2 Å². The predicted molar refractivity (Wildman–Crippen MR) is 113 cm³/mol. The summed E-state index contributed by atoms with van der Waals surface area (Å²) in [6.45, 7) is 2.15. The second kappa shape index (κ2) is 8.05. The summed E-state index contributed by atoms with van der Waals surface area (Å²) in [4.78, 5) is 17.1. The average Bonchev–Trinajstić information content (AvgIpc) is 3.05. The number of nitriles is 1. The van der Waals surface area contributed by atoms with Gasteiger partial charge in [-0.1, -0.05) is 24.3 Å². The first-order chi connectivity index (χ1) is 14.5. The summed E-state index contributed by atoms with van der Waals surface area (Å²) in [5, 5.41) is 17.3. The van der Waals surface area contributed by atoms with Gasteiger partial charge >= 0.3 is 0 Å². The van der Waals surface area contributed by atoms with Gasteiger partial charge in [-0.15, -0.1) is 0 Å². The third-order valence-electron chi connectivity index (χ3n) is 4.75. The number of benzene rings is 2. The zero-order valence-electron chi connectivity index (χ0n) is 16.6. The SMILES string of the molecule is Cc1nn(C)c2ncc(NC(=O)c3cccc(OCc4ccccc4C#N)c3)cc12. The molecule has 2 aromatic heterocycles. The Morgan fingerprint density at radius 3 is 2.87 bits per heavy atom. The van der Waals surface area contributed by atoms with Crippen LogP contribution in [0.5, 0.6) is 5.75 Å². The van der Waals surface area contributed by atoms with Crippen molar-refractivity contribution in [3.63, 3.8) is 0 Å². The summed E-state index contributed by atoms with van der Waals surface area (Å²) in [6, 6.07) is 18.2. The number of carbonyl (C=O) groups excluding carboxylic acids is 1. The van der Waals surface area contributed by atoms with E-state index < -0.39 is 0 Å². The molecule has 2 aromatic carbocycles. The Balaban J connectivity index is 1.49. The van der Waals surface area contributed by atoms with Gasteiger partial charge in [-0.2, -0.15) is 10.4 Å². The van der Waals surface area contributed by atoms with Crippen LogP contribution < -0.4 is 10.1 Å². The number of rotatable bonds is 5. The maximum atomic E-state index is 12.7. The van der Waals surface area contributed by atoms with Crippen molar-refractivity contribution in [1.82, 2.24) is 14.8 Å². The average molecular weight is 397 g/mol. The number of pyridine rings is 1. The number of aromatic nitrogens is 3. The number of hydrogen-bond acceptors (Lipinski definition) is 5. The number of nitrogens with zero attached hydrogens (tertiary/aromatic N) is 4. The van der Waals surface area contributed by atoms with Gasteiger partial charge in [-0.25, -0.2) is 4.98 Å². The molecule has 4 rings (SSSR count). The third-order valence-corrected chi connectivity index (χ3v) is 4.75. The number of amides is 1. The first kappa shape index (κ1) is 19.2. The van der Waals surface area contributed by atoms with E-state index in [9.17, 15) is 10.1 Å². The highest BCUT2D eigenvalue weighted by Gasteiger charge is 2.11. The van der Waals surface area contributed by atoms with E-state index in [2.05, 4.69) is 21.5 Å². The molecule has 30 heavy (non-hydrogen) atoms. The molecule has 7 heteroatoms. The minimum Gasteiger partial charge on any atom is -0.489 e. The minimum atomic E-state index is -0.263. The molecule has 0 saturated heterocycles. The van der Waals surface area contributed by atoms with Crippen LogP contribution in [0.3, 0.4) is 0 Å². The van der Waals surface area contributed by atoms with Crippen molar-refractivity contribution in [1.29, 1.82) is 5.26 Å². The number of aryl methyl sites for hydroxylation is 2. The van der Waals surface area contributed by atoms with Gasteiger partial charge in [-0.3, -0.25) is 9.48 Å². The number of nitrogens with one attached hydrogen (secondary N) is 1. The van der Waals surface area contributed by atoms with Crippen LogP contribution in [0.4, 0.5) is 5.69 Å². The first-order valence-corrected chi connectivity index (χ1v) is 9.37. The predicted octanol–water partition coefficient (Wildman–Crippen LogP) is 3.98. The lowest BCUT2D eigenvalue weighted by molar-refractivity contribution is 0.102. The fourth-order valence-corrected chi connectivity index (χ4v) is 3.22. The van der Waals surface area contributed by atoms with Crippen LogP contribution in [0.1, 0.15) is 27.2 Å². The lowest BCUT2D eigenvalue weighted by Gasteiger charge is -2.10. The van der Waals surface area contributed by atoms with Gasteiger partial charge in [0.1, 0.15) is 12.4 Å². The Hall–Kier alpha value is -4.18. The lowest BCUT2D eigenvalue weighted by Crippen LogP contribution is -2.12. The highest BCUT2D eigenvalue weighted by molar-refractivity contribution is 6.05. The van der Waals surface area contributed by atoms with Crippen LogP contribution in [0.15, 0.2) is 60.8 Å². The van der Waals surface area contributed by atoms with Gasteiger partial charge in [0.15, 0.2) is 5.65 Å². The van der Waals surface area contributed by atoms with Crippen LogP contribution in [0.2, 0.25) is 0 Å². The van der Waals surface area contributed by atoms with Gasteiger partial charge in [0.2, 0.25) is 0 Å². The molecule has 2 heterocycles. The maximum Gasteiger partial charge on any atom is 0.255 e. The Bertz CT molecular complexity index is 1290. The normalized spacial score (nSPS) is 10.6. The number of fused-ring (bicyclic) bond motifs is 1. The van der Waals surface area contributed by atoms with Crippen molar-refractivity contribution in [2.75, 3.05) is 5.32 Å². The largest absolute Gasteiger partial charge is 0.489 e. The molecule has 0 aliphatic rings. The molecule has 0 bridgehead atoms. The zero-order valence-corrected chi connectivity index (χ0v) is 16.6. The Kier molecular flexibility index (Phi) is 5.14. The van der Waals surface area contributed by atoms with Gasteiger partial charge < -0.3 is 10.1 Å². The molecule has 7 nitrogen and oxygen atoms in total. The molecule has 0 atom stereocenters. The molecular weight excluding hydrogens is 378 g/mol. The van der Waals surface area contributed by atoms with Crippen molar-refractivity contribution in [2.24, 2.45) is 7.05 Å². The Labute approximate surface area is 173 Å². The first-order valence-electron chi connectivity index (χ1n) is 9.37. The fourth-order valence-electron chi connectivity index (χ4n) is 3.22.